The topological polar surface area (TPSA) is 113 Å². The molecular weight excluding hydrogens is 482 g/mol. The standard InChI is InChI=1S/C23H32ClN5O2.C3H8O2/c1-14-13-29(20-18(14)19(25-5)26-21(24)27-20)17-7-6-16(12-17)15-8-10-28(11-9-15)22(30)31-23(2,3)4;1-3(2,4)5/h8,13,16-17H,6-7,9-12H2,1-5H3,(H,25,26,27);4-5H,1-2H3. The van der Waals surface area contributed by atoms with Gasteiger partial charge in [-0.1, -0.05) is 11.6 Å². The van der Waals surface area contributed by atoms with Crippen LogP contribution in [0, 0.1) is 12.8 Å². The molecule has 0 saturated heterocycles. The van der Waals surface area contributed by atoms with Gasteiger partial charge in [-0.3, -0.25) is 0 Å². The van der Waals surface area contributed by atoms with Crippen molar-refractivity contribution < 1.29 is 19.7 Å². The zero-order valence-corrected chi connectivity index (χ0v) is 23.2. The molecule has 9 nitrogen and oxygen atoms in total. The van der Waals surface area contributed by atoms with Crippen LogP contribution < -0.4 is 5.32 Å². The van der Waals surface area contributed by atoms with Gasteiger partial charge in [-0.25, -0.2) is 9.78 Å². The molecule has 0 spiro atoms. The van der Waals surface area contributed by atoms with Gasteiger partial charge < -0.3 is 29.7 Å². The van der Waals surface area contributed by atoms with Crippen LogP contribution >= 0.6 is 11.6 Å². The number of hydrogen-bond acceptors (Lipinski definition) is 7. The van der Waals surface area contributed by atoms with Gasteiger partial charge in [-0.05, 0) is 90.3 Å². The molecule has 3 N–H and O–H groups in total. The molecule has 1 fully saturated rings. The summed E-state index contributed by atoms with van der Waals surface area (Å²) in [5.41, 5.74) is 3.07. The molecule has 36 heavy (non-hydrogen) atoms. The number of rotatable bonds is 3. The average molecular weight is 522 g/mol. The summed E-state index contributed by atoms with van der Waals surface area (Å²) in [6, 6.07) is 0.390. The molecule has 4 rings (SSSR count). The number of ether oxygens (including phenoxy) is 1. The lowest BCUT2D eigenvalue weighted by Crippen LogP contribution is -2.39. The third-order valence-corrected chi connectivity index (χ3v) is 6.46. The second kappa shape index (κ2) is 10.9. The number of nitrogens with zero attached hydrogens (tertiary/aromatic N) is 4. The Labute approximate surface area is 218 Å². The van der Waals surface area contributed by atoms with Crippen molar-refractivity contribution >= 4 is 34.5 Å². The first-order valence-corrected chi connectivity index (χ1v) is 12.9. The minimum atomic E-state index is -1.50. The van der Waals surface area contributed by atoms with E-state index in [0.29, 0.717) is 18.5 Å². The number of halogens is 1. The van der Waals surface area contributed by atoms with Crippen LogP contribution in [0.1, 0.15) is 71.9 Å². The molecule has 0 radical (unpaired) electrons. The molecule has 1 saturated carbocycles. The number of amides is 1. The summed E-state index contributed by atoms with van der Waals surface area (Å²) < 4.78 is 7.80. The van der Waals surface area contributed by atoms with Crippen molar-refractivity contribution in [3.05, 3.63) is 28.7 Å². The second-order valence-electron chi connectivity index (χ2n) is 11.1. The monoisotopic (exact) mass is 521 g/mol. The molecule has 2 aliphatic rings. The van der Waals surface area contributed by atoms with Crippen LogP contribution in [-0.2, 0) is 4.74 Å². The number of anilines is 1. The maximum atomic E-state index is 12.3. The van der Waals surface area contributed by atoms with Crippen molar-refractivity contribution in [1.82, 2.24) is 19.4 Å². The first-order valence-electron chi connectivity index (χ1n) is 12.5. The average Bonchev–Trinajstić information content (AvgIpc) is 3.36. The number of aliphatic hydroxyl groups is 2. The smallest absolute Gasteiger partial charge is 0.410 e. The van der Waals surface area contributed by atoms with E-state index in [4.69, 9.17) is 26.6 Å². The zero-order valence-electron chi connectivity index (χ0n) is 22.4. The van der Waals surface area contributed by atoms with E-state index >= 15 is 0 Å². The summed E-state index contributed by atoms with van der Waals surface area (Å²) in [6.45, 7) is 11.8. The van der Waals surface area contributed by atoms with Crippen LogP contribution in [0.4, 0.5) is 10.6 Å². The fraction of sp³-hybridized carbons (Fsp3) is 0.654. The molecule has 1 aliphatic carbocycles. The molecule has 0 bridgehead atoms. The zero-order chi connectivity index (χ0) is 26.8. The quantitative estimate of drug-likeness (QED) is 0.294. The van der Waals surface area contributed by atoms with Crippen LogP contribution in [0.2, 0.25) is 5.28 Å². The van der Waals surface area contributed by atoms with E-state index in [-0.39, 0.29) is 11.4 Å². The summed E-state index contributed by atoms with van der Waals surface area (Å²) in [5.74, 6) is -0.178. The Morgan fingerprint density at radius 2 is 1.86 bits per heavy atom. The predicted octanol–water partition coefficient (Wildman–Crippen LogP) is 5.05. The van der Waals surface area contributed by atoms with Crippen molar-refractivity contribution in [2.75, 3.05) is 25.5 Å². The van der Waals surface area contributed by atoms with Gasteiger partial charge in [0.25, 0.3) is 0 Å². The third-order valence-electron chi connectivity index (χ3n) is 6.29. The van der Waals surface area contributed by atoms with E-state index in [1.54, 1.807) is 4.90 Å². The van der Waals surface area contributed by atoms with Gasteiger partial charge in [0.2, 0.25) is 5.28 Å². The lowest BCUT2D eigenvalue weighted by Gasteiger charge is -2.31. The molecule has 1 amide bonds. The van der Waals surface area contributed by atoms with Gasteiger partial charge in [0.1, 0.15) is 17.1 Å². The lowest BCUT2D eigenvalue weighted by atomic mass is 9.92. The van der Waals surface area contributed by atoms with E-state index in [1.165, 1.54) is 19.4 Å². The summed E-state index contributed by atoms with van der Waals surface area (Å²) in [6.07, 6.45) is 8.45. The highest BCUT2D eigenvalue weighted by atomic mass is 35.5. The SMILES string of the molecule is CC(C)(O)O.CNc1nc(Cl)nc2c1c(C)cn2C1CCC(C2=CCN(C(=O)OC(C)(C)C)CC2)C1. The van der Waals surface area contributed by atoms with Crippen LogP contribution in [-0.4, -0.2) is 67.3 Å². The van der Waals surface area contributed by atoms with Crippen molar-refractivity contribution in [1.29, 1.82) is 0 Å². The minimum absolute atomic E-state index is 0.224. The number of carbonyl (C=O) groups is 1. The van der Waals surface area contributed by atoms with Gasteiger partial charge in [0.05, 0.1) is 5.39 Å². The number of aromatic nitrogens is 3. The van der Waals surface area contributed by atoms with Gasteiger partial charge >= 0.3 is 6.09 Å². The number of fused-ring (bicyclic) bond motifs is 1. The lowest BCUT2D eigenvalue weighted by molar-refractivity contribution is -0.127. The molecule has 3 heterocycles. The molecule has 0 aromatic carbocycles. The molecular formula is C26H40ClN5O4. The maximum absolute atomic E-state index is 12.3. The molecule has 200 valence electrons. The van der Waals surface area contributed by atoms with Crippen LogP contribution in [0.15, 0.2) is 17.8 Å². The Morgan fingerprint density at radius 3 is 2.42 bits per heavy atom. The van der Waals surface area contributed by atoms with E-state index in [2.05, 4.69) is 39.0 Å². The Bertz CT molecular complexity index is 1110. The first-order chi connectivity index (χ1) is 16.7. The highest BCUT2D eigenvalue weighted by Crippen LogP contribution is 2.42. The Kier molecular flexibility index (Phi) is 8.58. The van der Waals surface area contributed by atoms with Gasteiger partial charge in [0, 0.05) is 32.4 Å². The van der Waals surface area contributed by atoms with E-state index in [0.717, 1.165) is 54.6 Å². The Morgan fingerprint density at radius 1 is 1.19 bits per heavy atom. The summed E-state index contributed by atoms with van der Waals surface area (Å²) in [7, 11) is 1.86. The minimum Gasteiger partial charge on any atom is -0.444 e. The van der Waals surface area contributed by atoms with Gasteiger partial charge in [-0.2, -0.15) is 4.98 Å². The number of nitrogens with one attached hydrogen (secondary N) is 1. The number of hydrogen-bond donors (Lipinski definition) is 3. The van der Waals surface area contributed by atoms with Crippen molar-refractivity contribution in [3.63, 3.8) is 0 Å². The summed E-state index contributed by atoms with van der Waals surface area (Å²) >= 11 is 6.19. The summed E-state index contributed by atoms with van der Waals surface area (Å²) in [4.78, 5) is 23.0. The molecule has 2 aromatic heterocycles. The van der Waals surface area contributed by atoms with E-state index in [1.807, 2.05) is 27.8 Å². The maximum Gasteiger partial charge on any atom is 0.410 e. The molecule has 1 aliphatic heterocycles. The highest BCUT2D eigenvalue weighted by Gasteiger charge is 2.32. The van der Waals surface area contributed by atoms with Crippen molar-refractivity contribution in [2.24, 2.45) is 5.92 Å². The van der Waals surface area contributed by atoms with Crippen molar-refractivity contribution in [2.45, 2.75) is 84.7 Å². The Balaban J connectivity index is 0.000000658. The second-order valence-corrected chi connectivity index (χ2v) is 11.5. The Hall–Kier alpha value is -2.36. The highest BCUT2D eigenvalue weighted by molar-refractivity contribution is 6.28. The molecule has 10 heteroatoms. The van der Waals surface area contributed by atoms with Gasteiger partial charge in [-0.15, -0.1) is 0 Å². The molecule has 2 atom stereocenters. The largest absolute Gasteiger partial charge is 0.444 e. The van der Waals surface area contributed by atoms with Crippen LogP contribution in [0.5, 0.6) is 0 Å². The fourth-order valence-electron chi connectivity index (χ4n) is 4.86. The normalized spacial score (nSPS) is 20.6. The van der Waals surface area contributed by atoms with E-state index in [9.17, 15) is 4.79 Å². The first kappa shape index (κ1) is 28.2. The third kappa shape index (κ3) is 7.33. The van der Waals surface area contributed by atoms with E-state index < -0.39 is 11.4 Å². The molecule has 2 aromatic rings. The van der Waals surface area contributed by atoms with Crippen molar-refractivity contribution in [3.8, 4) is 0 Å². The van der Waals surface area contributed by atoms with Crippen LogP contribution in [0.3, 0.4) is 0 Å². The molecule has 2 unspecified atom stereocenters. The number of aryl methyl sites for hydroxylation is 1. The van der Waals surface area contributed by atoms with Gasteiger partial charge in [0.15, 0.2) is 5.79 Å². The predicted molar refractivity (Wildman–Crippen MR) is 142 cm³/mol. The van der Waals surface area contributed by atoms with Crippen LogP contribution in [0.25, 0.3) is 11.0 Å². The number of carbonyl (C=O) groups excluding carboxylic acids is 1. The summed E-state index contributed by atoms with van der Waals surface area (Å²) in [5, 5.41) is 20.6. The fourth-order valence-corrected chi connectivity index (χ4v) is 5.03.